The molecule has 0 fully saturated rings. The standard InChI is InChI=1S/C14H11N3O2/c1-10(18)16-11-4-3-5-13(8-11)17-9-12(15-2)6-7-14(17)19/h3-9H,1H3,(H,16,18). The first kappa shape index (κ1) is 12.6. The molecule has 0 spiro atoms. The number of hydrogen-bond donors (Lipinski definition) is 1. The third-order valence-corrected chi connectivity index (χ3v) is 2.47. The number of carbonyl (C=O) groups is 1. The van der Waals surface area contributed by atoms with E-state index in [-0.39, 0.29) is 11.5 Å². The zero-order valence-electron chi connectivity index (χ0n) is 10.3. The van der Waals surface area contributed by atoms with Crippen molar-refractivity contribution in [3.05, 3.63) is 64.4 Å². The molecule has 1 aromatic carbocycles. The molecule has 19 heavy (non-hydrogen) atoms. The molecule has 2 rings (SSSR count). The summed E-state index contributed by atoms with van der Waals surface area (Å²) in [5, 5.41) is 2.65. The SMILES string of the molecule is [C-]#[N+]c1ccc(=O)n(-c2cccc(NC(C)=O)c2)c1. The average molecular weight is 253 g/mol. The summed E-state index contributed by atoms with van der Waals surface area (Å²) >= 11 is 0. The summed E-state index contributed by atoms with van der Waals surface area (Å²) in [5.74, 6) is -0.181. The van der Waals surface area contributed by atoms with E-state index < -0.39 is 0 Å². The Labute approximate surface area is 109 Å². The van der Waals surface area contributed by atoms with E-state index in [4.69, 9.17) is 6.57 Å². The van der Waals surface area contributed by atoms with E-state index in [0.29, 0.717) is 17.1 Å². The highest BCUT2D eigenvalue weighted by molar-refractivity contribution is 5.88. The van der Waals surface area contributed by atoms with Crippen LogP contribution in [-0.2, 0) is 4.79 Å². The number of carbonyl (C=O) groups excluding carboxylic acids is 1. The number of aromatic nitrogens is 1. The van der Waals surface area contributed by atoms with Gasteiger partial charge in [0.2, 0.25) is 11.6 Å². The van der Waals surface area contributed by atoms with Crippen LogP contribution in [0.4, 0.5) is 11.4 Å². The van der Waals surface area contributed by atoms with Gasteiger partial charge >= 0.3 is 0 Å². The maximum atomic E-state index is 11.8. The number of benzene rings is 1. The summed E-state index contributed by atoms with van der Waals surface area (Å²) in [6, 6.07) is 9.70. The van der Waals surface area contributed by atoms with Gasteiger partial charge in [-0.15, -0.1) is 0 Å². The predicted molar refractivity (Wildman–Crippen MR) is 72.6 cm³/mol. The molecule has 0 aliphatic rings. The van der Waals surface area contributed by atoms with Gasteiger partial charge in [-0.3, -0.25) is 14.2 Å². The average Bonchev–Trinajstić information content (AvgIpc) is 2.39. The minimum Gasteiger partial charge on any atom is -0.326 e. The van der Waals surface area contributed by atoms with E-state index in [1.807, 2.05) is 0 Å². The van der Waals surface area contributed by atoms with Crippen molar-refractivity contribution in [2.45, 2.75) is 6.92 Å². The number of pyridine rings is 1. The van der Waals surface area contributed by atoms with Gasteiger partial charge in [0, 0.05) is 24.5 Å². The van der Waals surface area contributed by atoms with E-state index in [1.165, 1.54) is 29.8 Å². The molecule has 0 aliphatic carbocycles. The summed E-state index contributed by atoms with van der Waals surface area (Å²) in [6.07, 6.45) is 1.47. The lowest BCUT2D eigenvalue weighted by Gasteiger charge is -2.08. The molecule has 0 saturated carbocycles. The molecule has 0 unspecified atom stereocenters. The smallest absolute Gasteiger partial charge is 0.252 e. The zero-order chi connectivity index (χ0) is 13.8. The predicted octanol–water partition coefficient (Wildman–Crippen LogP) is 2.35. The number of anilines is 1. The van der Waals surface area contributed by atoms with E-state index in [1.54, 1.807) is 24.3 Å². The maximum Gasteiger partial charge on any atom is 0.252 e. The lowest BCUT2D eigenvalue weighted by atomic mass is 10.2. The summed E-state index contributed by atoms with van der Waals surface area (Å²) in [7, 11) is 0. The first-order valence-corrected chi connectivity index (χ1v) is 5.58. The fourth-order valence-electron chi connectivity index (χ4n) is 1.68. The molecule has 1 aromatic heterocycles. The molecule has 2 aromatic rings. The maximum absolute atomic E-state index is 11.8. The quantitative estimate of drug-likeness (QED) is 0.835. The van der Waals surface area contributed by atoms with Gasteiger partial charge in [-0.25, -0.2) is 4.85 Å². The van der Waals surface area contributed by atoms with Crippen molar-refractivity contribution in [1.29, 1.82) is 0 Å². The Morgan fingerprint density at radius 3 is 2.79 bits per heavy atom. The first-order valence-electron chi connectivity index (χ1n) is 5.58. The van der Waals surface area contributed by atoms with Crippen LogP contribution in [0.25, 0.3) is 10.5 Å². The molecule has 0 saturated heterocycles. The highest BCUT2D eigenvalue weighted by atomic mass is 16.1. The van der Waals surface area contributed by atoms with Gasteiger partial charge in [0.25, 0.3) is 5.56 Å². The molecule has 0 atom stereocenters. The Hall–Kier alpha value is -2.87. The minimum absolute atomic E-state index is 0.181. The van der Waals surface area contributed by atoms with Crippen LogP contribution in [0.5, 0.6) is 0 Å². The number of nitrogens with zero attached hydrogens (tertiary/aromatic N) is 2. The third kappa shape index (κ3) is 2.87. The highest BCUT2D eigenvalue weighted by Crippen LogP contribution is 2.16. The molecule has 0 radical (unpaired) electrons. The lowest BCUT2D eigenvalue weighted by molar-refractivity contribution is -0.114. The number of nitrogens with one attached hydrogen (secondary N) is 1. The molecule has 0 bridgehead atoms. The second kappa shape index (κ2) is 5.19. The molecule has 94 valence electrons. The molecular formula is C14H11N3O2. The van der Waals surface area contributed by atoms with Gasteiger partial charge < -0.3 is 5.32 Å². The van der Waals surface area contributed by atoms with E-state index in [9.17, 15) is 9.59 Å². The Bertz CT molecular complexity index is 726. The van der Waals surface area contributed by atoms with Gasteiger partial charge in [-0.05, 0) is 30.3 Å². The molecule has 1 heterocycles. The monoisotopic (exact) mass is 253 g/mol. The van der Waals surface area contributed by atoms with Crippen LogP contribution in [0.3, 0.4) is 0 Å². The van der Waals surface area contributed by atoms with Crippen molar-refractivity contribution < 1.29 is 4.79 Å². The van der Waals surface area contributed by atoms with Crippen LogP contribution in [0, 0.1) is 6.57 Å². The second-order valence-electron chi connectivity index (χ2n) is 3.94. The highest BCUT2D eigenvalue weighted by Gasteiger charge is 2.03. The van der Waals surface area contributed by atoms with Gasteiger partial charge in [-0.1, -0.05) is 6.07 Å². The number of rotatable bonds is 2. The van der Waals surface area contributed by atoms with Gasteiger partial charge in [0.1, 0.15) is 0 Å². The molecular weight excluding hydrogens is 242 g/mol. The van der Waals surface area contributed by atoms with Gasteiger partial charge in [0.15, 0.2) is 0 Å². The summed E-state index contributed by atoms with van der Waals surface area (Å²) < 4.78 is 1.37. The first-order chi connectivity index (χ1) is 9.10. The minimum atomic E-state index is -0.229. The Morgan fingerprint density at radius 2 is 2.11 bits per heavy atom. The van der Waals surface area contributed by atoms with Crippen LogP contribution < -0.4 is 10.9 Å². The van der Waals surface area contributed by atoms with E-state index in [2.05, 4.69) is 10.2 Å². The number of amides is 1. The van der Waals surface area contributed by atoms with Crippen molar-refractivity contribution in [2.24, 2.45) is 0 Å². The van der Waals surface area contributed by atoms with Crippen molar-refractivity contribution in [1.82, 2.24) is 4.57 Å². The summed E-state index contributed by atoms with van der Waals surface area (Å²) in [6.45, 7) is 8.38. The number of hydrogen-bond acceptors (Lipinski definition) is 2. The molecule has 5 nitrogen and oxygen atoms in total. The largest absolute Gasteiger partial charge is 0.326 e. The molecule has 1 N–H and O–H groups in total. The van der Waals surface area contributed by atoms with Crippen molar-refractivity contribution in [3.63, 3.8) is 0 Å². The Morgan fingerprint density at radius 1 is 1.32 bits per heavy atom. The Kier molecular flexibility index (Phi) is 3.44. The van der Waals surface area contributed by atoms with Gasteiger partial charge in [0.05, 0.1) is 6.57 Å². The van der Waals surface area contributed by atoms with Crippen molar-refractivity contribution in [3.8, 4) is 5.69 Å². The third-order valence-electron chi connectivity index (χ3n) is 2.47. The van der Waals surface area contributed by atoms with Crippen LogP contribution in [-0.4, -0.2) is 10.5 Å². The van der Waals surface area contributed by atoms with Crippen LogP contribution in [0.2, 0.25) is 0 Å². The summed E-state index contributed by atoms with van der Waals surface area (Å²) in [4.78, 5) is 26.1. The van der Waals surface area contributed by atoms with Crippen LogP contribution in [0.15, 0.2) is 47.4 Å². The normalized spacial score (nSPS) is 9.68. The van der Waals surface area contributed by atoms with E-state index >= 15 is 0 Å². The lowest BCUT2D eigenvalue weighted by Crippen LogP contribution is -2.16. The fourth-order valence-corrected chi connectivity index (χ4v) is 1.68. The Balaban J connectivity index is 2.50. The summed E-state index contributed by atoms with van der Waals surface area (Å²) in [5.41, 5.74) is 1.35. The second-order valence-corrected chi connectivity index (χ2v) is 3.94. The molecule has 1 amide bonds. The van der Waals surface area contributed by atoms with Gasteiger partial charge in [-0.2, -0.15) is 0 Å². The fraction of sp³-hybridized carbons (Fsp3) is 0.0714. The topological polar surface area (TPSA) is 55.5 Å². The molecule has 5 heteroatoms. The van der Waals surface area contributed by atoms with Crippen molar-refractivity contribution >= 4 is 17.3 Å². The van der Waals surface area contributed by atoms with Crippen LogP contribution >= 0.6 is 0 Å². The van der Waals surface area contributed by atoms with E-state index in [0.717, 1.165) is 0 Å². The van der Waals surface area contributed by atoms with Crippen LogP contribution in [0.1, 0.15) is 6.92 Å². The van der Waals surface area contributed by atoms with Crippen molar-refractivity contribution in [2.75, 3.05) is 5.32 Å². The molecule has 0 aliphatic heterocycles. The zero-order valence-corrected chi connectivity index (χ0v) is 10.3.